The monoisotopic (exact) mass is 595 g/mol. The van der Waals surface area contributed by atoms with E-state index in [1.165, 1.54) is 139 Å². The fraction of sp³-hybridized carbons (Fsp3) is 0.732. The zero-order valence-electron chi connectivity index (χ0n) is 29.5. The number of allylic oxidation sites excluding steroid dienone is 9. The average Bonchev–Trinajstić information content (AvgIpc) is 2.96. The Morgan fingerprint density at radius 1 is 0.744 bits per heavy atom. The fourth-order valence-corrected chi connectivity index (χ4v) is 6.21. The van der Waals surface area contributed by atoms with E-state index >= 15 is 0 Å². The standard InChI is InChI=1S/C41H70O2/c1-7-8-9-10-11-12-13-14-15-16-17-18-19-20-21-22-23-24-30-40(42)43-35-33-37(3)28-25-27-36(2)31-32-39-38(4)29-26-34-41(39,5)6/h25,27-28,31-33H,7-24,26,29-30,34-35H2,1-6H3/b28-25+,32-31+,36-27+,37-33+. The molecule has 1 aliphatic rings. The normalized spacial score (nSPS) is 16.1. The summed E-state index contributed by atoms with van der Waals surface area (Å²) in [6.07, 6.45) is 41.6. The minimum Gasteiger partial charge on any atom is -0.461 e. The quantitative estimate of drug-likeness (QED) is 0.0597. The lowest BCUT2D eigenvalue weighted by atomic mass is 9.72. The number of esters is 1. The summed E-state index contributed by atoms with van der Waals surface area (Å²) in [5, 5.41) is 0. The van der Waals surface area contributed by atoms with Crippen molar-refractivity contribution in [3.8, 4) is 0 Å². The maximum Gasteiger partial charge on any atom is 0.306 e. The largest absolute Gasteiger partial charge is 0.461 e. The van der Waals surface area contributed by atoms with Gasteiger partial charge in [-0.05, 0) is 63.5 Å². The van der Waals surface area contributed by atoms with Crippen molar-refractivity contribution in [3.63, 3.8) is 0 Å². The van der Waals surface area contributed by atoms with Crippen LogP contribution in [0.1, 0.15) is 183 Å². The smallest absolute Gasteiger partial charge is 0.306 e. The number of hydrogen-bond acceptors (Lipinski definition) is 2. The molecule has 0 aromatic rings. The highest BCUT2D eigenvalue weighted by Gasteiger charge is 2.26. The van der Waals surface area contributed by atoms with Crippen molar-refractivity contribution >= 4 is 5.97 Å². The van der Waals surface area contributed by atoms with E-state index in [0.29, 0.717) is 13.0 Å². The Labute approximate surface area is 268 Å². The molecule has 0 N–H and O–H groups in total. The molecule has 0 fully saturated rings. The second-order valence-corrected chi connectivity index (χ2v) is 13.9. The number of hydrogen-bond donors (Lipinski definition) is 0. The van der Waals surface area contributed by atoms with E-state index in [1.807, 2.05) is 6.08 Å². The van der Waals surface area contributed by atoms with E-state index < -0.39 is 0 Å². The van der Waals surface area contributed by atoms with Crippen LogP contribution >= 0.6 is 0 Å². The van der Waals surface area contributed by atoms with Crippen LogP contribution in [0.15, 0.2) is 58.7 Å². The van der Waals surface area contributed by atoms with Gasteiger partial charge in [-0.3, -0.25) is 4.79 Å². The third-order valence-electron chi connectivity index (χ3n) is 9.16. The molecular weight excluding hydrogens is 524 g/mol. The van der Waals surface area contributed by atoms with Crippen LogP contribution in [0.25, 0.3) is 0 Å². The van der Waals surface area contributed by atoms with Crippen molar-refractivity contribution < 1.29 is 9.53 Å². The van der Waals surface area contributed by atoms with Crippen LogP contribution in [-0.2, 0) is 9.53 Å². The minimum atomic E-state index is -0.0689. The summed E-state index contributed by atoms with van der Waals surface area (Å²) in [5.41, 5.74) is 5.65. The van der Waals surface area contributed by atoms with E-state index in [0.717, 1.165) is 18.4 Å². The maximum absolute atomic E-state index is 12.1. The summed E-state index contributed by atoms with van der Waals surface area (Å²) in [5.74, 6) is -0.0689. The van der Waals surface area contributed by atoms with E-state index in [2.05, 4.69) is 71.9 Å². The third kappa shape index (κ3) is 21.5. The number of ether oxygens (including phenoxy) is 1. The molecule has 1 aliphatic carbocycles. The van der Waals surface area contributed by atoms with Gasteiger partial charge in [0.05, 0.1) is 0 Å². The van der Waals surface area contributed by atoms with Crippen LogP contribution in [0.2, 0.25) is 0 Å². The van der Waals surface area contributed by atoms with Gasteiger partial charge in [0.15, 0.2) is 0 Å². The molecule has 2 heteroatoms. The molecule has 43 heavy (non-hydrogen) atoms. The molecule has 1 rings (SSSR count). The summed E-state index contributed by atoms with van der Waals surface area (Å²) >= 11 is 0. The number of unbranched alkanes of at least 4 members (excludes halogenated alkanes) is 17. The summed E-state index contributed by atoms with van der Waals surface area (Å²) in [4.78, 5) is 12.1. The van der Waals surface area contributed by atoms with Gasteiger partial charge in [-0.25, -0.2) is 0 Å². The van der Waals surface area contributed by atoms with Crippen LogP contribution in [0.4, 0.5) is 0 Å². The summed E-state index contributed by atoms with van der Waals surface area (Å²) < 4.78 is 5.43. The molecule has 0 aromatic heterocycles. The molecule has 0 saturated carbocycles. The fourth-order valence-electron chi connectivity index (χ4n) is 6.21. The lowest BCUT2D eigenvalue weighted by molar-refractivity contribution is -0.142. The number of carbonyl (C=O) groups is 1. The van der Waals surface area contributed by atoms with Gasteiger partial charge in [0, 0.05) is 6.42 Å². The van der Waals surface area contributed by atoms with Crippen molar-refractivity contribution in [2.45, 2.75) is 183 Å². The number of rotatable bonds is 25. The summed E-state index contributed by atoms with van der Waals surface area (Å²) in [6.45, 7) is 13.8. The van der Waals surface area contributed by atoms with Gasteiger partial charge in [0.25, 0.3) is 0 Å². The minimum absolute atomic E-state index is 0.0689. The van der Waals surface area contributed by atoms with Gasteiger partial charge in [-0.2, -0.15) is 0 Å². The van der Waals surface area contributed by atoms with Crippen LogP contribution in [0.3, 0.4) is 0 Å². The Bertz CT molecular complexity index is 879. The zero-order valence-corrected chi connectivity index (χ0v) is 29.5. The average molecular weight is 595 g/mol. The highest BCUT2D eigenvalue weighted by Crippen LogP contribution is 2.40. The van der Waals surface area contributed by atoms with E-state index in [-0.39, 0.29) is 11.4 Å². The molecule has 0 bridgehead atoms. The molecule has 0 amide bonds. The number of carbonyl (C=O) groups excluding carboxylic acids is 1. The molecule has 0 heterocycles. The van der Waals surface area contributed by atoms with Crippen molar-refractivity contribution in [2.24, 2.45) is 5.41 Å². The predicted molar refractivity (Wildman–Crippen MR) is 190 cm³/mol. The molecular formula is C41H70O2. The highest BCUT2D eigenvalue weighted by molar-refractivity contribution is 5.69. The first kappa shape index (κ1) is 39.2. The van der Waals surface area contributed by atoms with Crippen LogP contribution < -0.4 is 0 Å². The summed E-state index contributed by atoms with van der Waals surface area (Å²) in [6, 6.07) is 0. The lowest BCUT2D eigenvalue weighted by Crippen LogP contribution is -2.19. The van der Waals surface area contributed by atoms with Gasteiger partial charge in [0.1, 0.15) is 6.61 Å². The molecule has 0 radical (unpaired) electrons. The van der Waals surface area contributed by atoms with Crippen molar-refractivity contribution in [3.05, 3.63) is 58.7 Å². The predicted octanol–water partition coefficient (Wildman–Crippen LogP) is 13.5. The van der Waals surface area contributed by atoms with Gasteiger partial charge in [-0.15, -0.1) is 0 Å². The van der Waals surface area contributed by atoms with E-state index in [4.69, 9.17) is 4.74 Å². The van der Waals surface area contributed by atoms with Crippen molar-refractivity contribution in [1.29, 1.82) is 0 Å². The molecule has 0 spiro atoms. The first-order chi connectivity index (χ1) is 20.8. The molecule has 0 aliphatic heterocycles. The van der Waals surface area contributed by atoms with Crippen LogP contribution in [-0.4, -0.2) is 12.6 Å². The molecule has 0 atom stereocenters. The maximum atomic E-state index is 12.1. The SMILES string of the molecule is CCCCCCCCCCCCCCCCCCCCC(=O)OC/C=C(C)/C=C/C=C(C)/C=C/C1=C(C)CCCC1(C)C. The Balaban J connectivity index is 2.01. The lowest BCUT2D eigenvalue weighted by Gasteiger charge is -2.32. The van der Waals surface area contributed by atoms with Gasteiger partial charge >= 0.3 is 5.97 Å². The van der Waals surface area contributed by atoms with Gasteiger partial charge in [-0.1, -0.05) is 177 Å². The Morgan fingerprint density at radius 2 is 1.26 bits per heavy atom. The third-order valence-corrected chi connectivity index (χ3v) is 9.16. The highest BCUT2D eigenvalue weighted by atomic mass is 16.5. The van der Waals surface area contributed by atoms with Crippen LogP contribution in [0, 0.1) is 5.41 Å². The zero-order chi connectivity index (χ0) is 31.6. The first-order valence-corrected chi connectivity index (χ1v) is 18.3. The second-order valence-electron chi connectivity index (χ2n) is 13.9. The van der Waals surface area contributed by atoms with Crippen molar-refractivity contribution in [2.75, 3.05) is 6.61 Å². The van der Waals surface area contributed by atoms with Crippen molar-refractivity contribution in [1.82, 2.24) is 0 Å². The first-order valence-electron chi connectivity index (χ1n) is 18.3. The Hall–Kier alpha value is -1.83. The molecule has 0 unspecified atom stereocenters. The second kappa shape index (κ2) is 25.5. The topological polar surface area (TPSA) is 26.3 Å². The van der Waals surface area contributed by atoms with E-state index in [9.17, 15) is 4.79 Å². The molecule has 0 saturated heterocycles. The molecule has 0 aromatic carbocycles. The molecule has 246 valence electrons. The Kier molecular flexibility index (Phi) is 23.2. The van der Waals surface area contributed by atoms with E-state index in [1.54, 1.807) is 0 Å². The van der Waals surface area contributed by atoms with Gasteiger partial charge < -0.3 is 4.74 Å². The summed E-state index contributed by atoms with van der Waals surface area (Å²) in [7, 11) is 0. The van der Waals surface area contributed by atoms with Gasteiger partial charge in [0.2, 0.25) is 0 Å². The Morgan fingerprint density at radius 3 is 1.77 bits per heavy atom. The molecule has 2 nitrogen and oxygen atoms in total. The van der Waals surface area contributed by atoms with Crippen LogP contribution in [0.5, 0.6) is 0 Å².